The van der Waals surface area contributed by atoms with Crippen molar-refractivity contribution in [2.24, 2.45) is 0 Å². The Morgan fingerprint density at radius 3 is 2.55 bits per heavy atom. The van der Waals surface area contributed by atoms with Crippen molar-refractivity contribution >= 4 is 23.8 Å². The normalized spacial score (nSPS) is 12.1. The summed E-state index contributed by atoms with van der Waals surface area (Å²) < 4.78 is 5.25. The quantitative estimate of drug-likeness (QED) is 0.871. The van der Waals surface area contributed by atoms with Crippen LogP contribution >= 0.6 is 11.6 Å². The van der Waals surface area contributed by atoms with Gasteiger partial charge in [-0.25, -0.2) is 4.79 Å². The average molecular weight is 316 g/mol. The molecule has 0 saturated carbocycles. The lowest BCUT2D eigenvalue weighted by atomic mass is 10.2. The fourth-order valence-electron chi connectivity index (χ4n) is 1.84. The van der Waals surface area contributed by atoms with Crippen LogP contribution in [0.2, 0.25) is 5.02 Å². The number of amides is 1. The van der Waals surface area contributed by atoms with E-state index in [-0.39, 0.29) is 6.10 Å². The van der Waals surface area contributed by atoms with E-state index in [1.165, 1.54) is 0 Å². The van der Waals surface area contributed by atoms with Crippen LogP contribution in [0.25, 0.3) is 6.08 Å². The number of carbonyl (C=O) groups is 1. The minimum absolute atomic E-state index is 0.313. The molecule has 2 aromatic rings. The summed E-state index contributed by atoms with van der Waals surface area (Å²) in [6, 6.07) is 17.1. The molecular formula is C18H18ClNO2. The molecule has 4 heteroatoms. The number of carbonyl (C=O) groups excluding carboxylic acids is 1. The van der Waals surface area contributed by atoms with E-state index in [1.807, 2.05) is 73.7 Å². The van der Waals surface area contributed by atoms with Gasteiger partial charge in [-0.1, -0.05) is 60.1 Å². The van der Waals surface area contributed by atoms with Crippen molar-refractivity contribution in [3.05, 3.63) is 76.8 Å². The molecular weight excluding hydrogens is 298 g/mol. The highest BCUT2D eigenvalue weighted by Crippen LogP contribution is 2.11. The molecule has 0 aliphatic rings. The minimum Gasteiger partial charge on any atom is -0.442 e. The van der Waals surface area contributed by atoms with Crippen LogP contribution in [0.15, 0.2) is 60.7 Å². The van der Waals surface area contributed by atoms with Crippen LogP contribution < -0.4 is 5.32 Å². The maximum absolute atomic E-state index is 11.7. The molecule has 0 aliphatic carbocycles. The van der Waals surface area contributed by atoms with Gasteiger partial charge < -0.3 is 10.1 Å². The Hall–Kier alpha value is -2.26. The first-order valence-electron chi connectivity index (χ1n) is 7.05. The fraction of sp³-hybridized carbons (Fsp3) is 0.167. The lowest BCUT2D eigenvalue weighted by Gasteiger charge is -2.10. The van der Waals surface area contributed by atoms with Crippen LogP contribution in [0.4, 0.5) is 4.79 Å². The predicted octanol–water partition coefficient (Wildman–Crippen LogP) is 4.67. The SMILES string of the molecule is CC(/C=C/c1ccc(Cl)cc1)OC(=O)NCc1ccccc1. The van der Waals surface area contributed by atoms with Crippen LogP contribution in [0.5, 0.6) is 0 Å². The standard InChI is InChI=1S/C18H18ClNO2/c1-14(7-8-15-9-11-17(19)12-10-15)22-18(21)20-13-16-5-3-2-4-6-16/h2-12,14H,13H2,1H3,(H,20,21)/b8-7+. The second-order valence-electron chi connectivity index (χ2n) is 4.86. The van der Waals surface area contributed by atoms with Gasteiger partial charge in [0.15, 0.2) is 0 Å². The van der Waals surface area contributed by atoms with Gasteiger partial charge in [-0.05, 0) is 36.3 Å². The van der Waals surface area contributed by atoms with Gasteiger partial charge in [0.05, 0.1) is 0 Å². The largest absolute Gasteiger partial charge is 0.442 e. The van der Waals surface area contributed by atoms with Gasteiger partial charge in [0, 0.05) is 11.6 Å². The fourth-order valence-corrected chi connectivity index (χ4v) is 1.97. The molecule has 0 aromatic heterocycles. The zero-order valence-corrected chi connectivity index (χ0v) is 13.1. The van der Waals surface area contributed by atoms with Gasteiger partial charge in [0.25, 0.3) is 0 Å². The molecule has 1 amide bonds. The molecule has 1 N–H and O–H groups in total. The van der Waals surface area contributed by atoms with E-state index in [0.29, 0.717) is 11.6 Å². The van der Waals surface area contributed by atoms with Gasteiger partial charge in [-0.15, -0.1) is 0 Å². The topological polar surface area (TPSA) is 38.3 Å². The number of hydrogen-bond donors (Lipinski definition) is 1. The number of rotatable bonds is 5. The zero-order valence-electron chi connectivity index (χ0n) is 12.3. The van der Waals surface area contributed by atoms with Gasteiger partial charge in [0.1, 0.15) is 6.10 Å². The molecule has 3 nitrogen and oxygen atoms in total. The summed E-state index contributed by atoms with van der Waals surface area (Å²) in [6.45, 7) is 2.27. The third-order valence-corrected chi connectivity index (χ3v) is 3.25. The Balaban J connectivity index is 1.77. The van der Waals surface area contributed by atoms with Crippen molar-refractivity contribution in [1.29, 1.82) is 0 Å². The number of nitrogens with one attached hydrogen (secondary N) is 1. The summed E-state index contributed by atoms with van der Waals surface area (Å²) in [6.07, 6.45) is 2.97. The maximum atomic E-state index is 11.7. The molecule has 1 unspecified atom stereocenters. The second-order valence-corrected chi connectivity index (χ2v) is 5.30. The summed E-state index contributed by atoms with van der Waals surface area (Å²) >= 11 is 5.83. The van der Waals surface area contributed by atoms with Crippen molar-refractivity contribution in [1.82, 2.24) is 5.32 Å². The van der Waals surface area contributed by atoms with Crippen LogP contribution in [-0.4, -0.2) is 12.2 Å². The lowest BCUT2D eigenvalue weighted by Crippen LogP contribution is -2.26. The monoisotopic (exact) mass is 315 g/mol. The molecule has 0 spiro atoms. The highest BCUT2D eigenvalue weighted by molar-refractivity contribution is 6.30. The van der Waals surface area contributed by atoms with Crippen molar-refractivity contribution < 1.29 is 9.53 Å². The highest BCUT2D eigenvalue weighted by Gasteiger charge is 2.05. The van der Waals surface area contributed by atoms with E-state index in [4.69, 9.17) is 16.3 Å². The van der Waals surface area contributed by atoms with Crippen LogP contribution in [0.3, 0.4) is 0 Å². The Labute approximate surface area is 135 Å². The first-order valence-corrected chi connectivity index (χ1v) is 7.43. The molecule has 0 saturated heterocycles. The maximum Gasteiger partial charge on any atom is 0.407 e. The summed E-state index contributed by atoms with van der Waals surface area (Å²) in [7, 11) is 0. The summed E-state index contributed by atoms with van der Waals surface area (Å²) in [5.74, 6) is 0. The third-order valence-electron chi connectivity index (χ3n) is 3.00. The van der Waals surface area contributed by atoms with Crippen molar-refractivity contribution in [2.45, 2.75) is 19.6 Å². The molecule has 0 bridgehead atoms. The van der Waals surface area contributed by atoms with Gasteiger partial charge in [0.2, 0.25) is 0 Å². The van der Waals surface area contributed by atoms with Crippen molar-refractivity contribution in [3.8, 4) is 0 Å². The van der Waals surface area contributed by atoms with Crippen molar-refractivity contribution in [2.75, 3.05) is 0 Å². The van der Waals surface area contributed by atoms with Crippen LogP contribution in [0, 0.1) is 0 Å². The van der Waals surface area contributed by atoms with Gasteiger partial charge in [-0.3, -0.25) is 0 Å². The molecule has 0 aliphatic heterocycles. The number of halogens is 1. The third kappa shape index (κ3) is 5.62. The summed E-state index contributed by atoms with van der Waals surface area (Å²) in [4.78, 5) is 11.7. The Bertz CT molecular complexity index is 623. The van der Waals surface area contributed by atoms with Crippen LogP contribution in [0.1, 0.15) is 18.1 Å². The summed E-state index contributed by atoms with van der Waals surface area (Å²) in [5, 5.41) is 3.42. The summed E-state index contributed by atoms with van der Waals surface area (Å²) in [5.41, 5.74) is 2.04. The minimum atomic E-state index is -0.433. The number of benzene rings is 2. The molecule has 0 heterocycles. The molecule has 0 fully saturated rings. The molecule has 114 valence electrons. The average Bonchev–Trinajstić information content (AvgIpc) is 2.53. The second kappa shape index (κ2) is 8.25. The van der Waals surface area contributed by atoms with Crippen LogP contribution in [-0.2, 0) is 11.3 Å². The smallest absolute Gasteiger partial charge is 0.407 e. The zero-order chi connectivity index (χ0) is 15.8. The first kappa shape index (κ1) is 16.1. The predicted molar refractivity (Wildman–Crippen MR) is 89.7 cm³/mol. The Morgan fingerprint density at radius 1 is 1.18 bits per heavy atom. The first-order chi connectivity index (χ1) is 10.6. The van der Waals surface area contributed by atoms with E-state index in [2.05, 4.69) is 5.32 Å². The number of hydrogen-bond acceptors (Lipinski definition) is 2. The van der Waals surface area contributed by atoms with E-state index in [1.54, 1.807) is 0 Å². The molecule has 0 radical (unpaired) electrons. The lowest BCUT2D eigenvalue weighted by molar-refractivity contribution is 0.127. The highest BCUT2D eigenvalue weighted by atomic mass is 35.5. The molecule has 1 atom stereocenters. The molecule has 2 rings (SSSR count). The Kier molecular flexibility index (Phi) is 6.04. The van der Waals surface area contributed by atoms with E-state index in [9.17, 15) is 4.79 Å². The number of alkyl carbamates (subject to hydrolysis) is 1. The molecule has 22 heavy (non-hydrogen) atoms. The van der Waals surface area contributed by atoms with Gasteiger partial charge >= 0.3 is 6.09 Å². The number of ether oxygens (including phenoxy) is 1. The van der Waals surface area contributed by atoms with Gasteiger partial charge in [-0.2, -0.15) is 0 Å². The molecule has 2 aromatic carbocycles. The van der Waals surface area contributed by atoms with Crippen molar-refractivity contribution in [3.63, 3.8) is 0 Å². The Morgan fingerprint density at radius 2 is 1.86 bits per heavy atom. The van der Waals surface area contributed by atoms with E-state index < -0.39 is 6.09 Å². The van der Waals surface area contributed by atoms with E-state index >= 15 is 0 Å². The van der Waals surface area contributed by atoms with E-state index in [0.717, 1.165) is 11.1 Å².